The maximum absolute atomic E-state index is 12.7. The van der Waals surface area contributed by atoms with Gasteiger partial charge in [0.15, 0.2) is 0 Å². The number of nitrogens with one attached hydrogen (secondary N) is 1. The van der Waals surface area contributed by atoms with E-state index >= 15 is 0 Å². The second-order valence-corrected chi connectivity index (χ2v) is 2.14. The van der Waals surface area contributed by atoms with Crippen LogP contribution in [0.1, 0.15) is 12.8 Å². The van der Waals surface area contributed by atoms with E-state index in [1.807, 2.05) is 0 Å². The van der Waals surface area contributed by atoms with Gasteiger partial charge in [0.25, 0.3) is 5.79 Å². The van der Waals surface area contributed by atoms with Crippen molar-refractivity contribution in [3.63, 3.8) is 0 Å². The lowest BCUT2D eigenvalue weighted by molar-refractivity contribution is -0.152. The lowest BCUT2D eigenvalue weighted by Gasteiger charge is -2.11. The molecule has 1 aliphatic rings. The van der Waals surface area contributed by atoms with Crippen molar-refractivity contribution in [2.75, 3.05) is 6.54 Å². The summed E-state index contributed by atoms with van der Waals surface area (Å²) >= 11 is 0. The molecule has 0 amide bonds. The van der Waals surface area contributed by atoms with Gasteiger partial charge in [0.1, 0.15) is 0 Å². The van der Waals surface area contributed by atoms with Gasteiger partial charge < -0.3 is 5.11 Å². The first-order chi connectivity index (χ1) is 4.15. The number of hydrogen-bond donors (Lipinski definition) is 2. The van der Waals surface area contributed by atoms with Gasteiger partial charge in [0, 0.05) is 6.42 Å². The maximum Gasteiger partial charge on any atom is 0.356 e. The van der Waals surface area contributed by atoms with E-state index in [9.17, 15) is 9.18 Å². The van der Waals surface area contributed by atoms with Crippen molar-refractivity contribution in [1.82, 2.24) is 5.32 Å². The molecule has 0 aliphatic carbocycles. The van der Waals surface area contributed by atoms with Crippen LogP contribution in [0, 0.1) is 0 Å². The second kappa shape index (κ2) is 1.95. The average Bonchev–Trinajstić information content (AvgIpc) is 2.16. The Morgan fingerprint density at radius 2 is 2.44 bits per heavy atom. The molecule has 9 heavy (non-hydrogen) atoms. The number of carboxylic acids is 1. The molecular weight excluding hydrogens is 125 g/mol. The van der Waals surface area contributed by atoms with Gasteiger partial charge in [-0.25, -0.2) is 9.18 Å². The number of alkyl halides is 1. The monoisotopic (exact) mass is 133 g/mol. The summed E-state index contributed by atoms with van der Waals surface area (Å²) in [4.78, 5) is 10.1. The van der Waals surface area contributed by atoms with E-state index < -0.39 is 11.8 Å². The number of rotatable bonds is 1. The number of carbonyl (C=O) groups is 1. The molecule has 1 saturated heterocycles. The molecule has 52 valence electrons. The van der Waals surface area contributed by atoms with E-state index in [1.54, 1.807) is 0 Å². The third-order valence-electron chi connectivity index (χ3n) is 1.44. The molecule has 1 heterocycles. The van der Waals surface area contributed by atoms with E-state index in [2.05, 4.69) is 5.32 Å². The molecule has 0 aromatic rings. The highest BCUT2D eigenvalue weighted by Crippen LogP contribution is 2.20. The van der Waals surface area contributed by atoms with Crippen molar-refractivity contribution >= 4 is 5.97 Å². The quantitative estimate of drug-likeness (QED) is 0.499. The van der Waals surface area contributed by atoms with Crippen LogP contribution in [0.5, 0.6) is 0 Å². The molecule has 1 atom stereocenters. The second-order valence-electron chi connectivity index (χ2n) is 2.14. The number of carboxylic acid groups (broad SMARTS) is 1. The van der Waals surface area contributed by atoms with Gasteiger partial charge in [0.05, 0.1) is 0 Å². The molecule has 0 aromatic carbocycles. The zero-order chi connectivity index (χ0) is 6.91. The van der Waals surface area contributed by atoms with Crippen molar-refractivity contribution in [2.45, 2.75) is 18.6 Å². The first kappa shape index (κ1) is 6.48. The van der Waals surface area contributed by atoms with Gasteiger partial charge in [-0.2, -0.15) is 0 Å². The van der Waals surface area contributed by atoms with Crippen LogP contribution >= 0.6 is 0 Å². The zero-order valence-electron chi connectivity index (χ0n) is 4.85. The van der Waals surface area contributed by atoms with Crippen molar-refractivity contribution < 1.29 is 14.3 Å². The Kier molecular flexibility index (Phi) is 1.40. The Morgan fingerprint density at radius 3 is 2.67 bits per heavy atom. The summed E-state index contributed by atoms with van der Waals surface area (Å²) in [6.45, 7) is 0.461. The van der Waals surface area contributed by atoms with Crippen LogP contribution in [0.3, 0.4) is 0 Å². The summed E-state index contributed by atoms with van der Waals surface area (Å²) in [5, 5.41) is 10.5. The highest BCUT2D eigenvalue weighted by Gasteiger charge is 2.41. The summed E-state index contributed by atoms with van der Waals surface area (Å²) in [7, 11) is 0. The third-order valence-corrected chi connectivity index (χ3v) is 1.44. The Morgan fingerprint density at radius 1 is 1.78 bits per heavy atom. The molecule has 1 fully saturated rings. The molecule has 3 nitrogen and oxygen atoms in total. The smallest absolute Gasteiger partial charge is 0.356 e. The predicted octanol–water partition coefficient (Wildman–Crippen LogP) is 0.120. The van der Waals surface area contributed by atoms with Gasteiger partial charge in [-0.05, 0) is 13.0 Å². The SMILES string of the molecule is O=C(O)[C@@]1(F)CCCN1. The topological polar surface area (TPSA) is 49.3 Å². The van der Waals surface area contributed by atoms with Crippen LogP contribution in [0.2, 0.25) is 0 Å². The Bertz CT molecular complexity index is 131. The van der Waals surface area contributed by atoms with Crippen LogP contribution in [0.4, 0.5) is 4.39 Å². The fraction of sp³-hybridized carbons (Fsp3) is 0.800. The molecular formula is C5H8FNO2. The van der Waals surface area contributed by atoms with E-state index in [0.717, 1.165) is 0 Å². The van der Waals surface area contributed by atoms with Gasteiger partial charge in [-0.1, -0.05) is 0 Å². The molecule has 1 rings (SSSR count). The largest absolute Gasteiger partial charge is 0.478 e. The first-order valence-corrected chi connectivity index (χ1v) is 2.82. The molecule has 4 heteroatoms. The maximum atomic E-state index is 12.7. The molecule has 1 aliphatic heterocycles. The molecule has 0 saturated carbocycles. The summed E-state index contributed by atoms with van der Waals surface area (Å²) in [6, 6.07) is 0. The summed E-state index contributed by atoms with van der Waals surface area (Å²) in [5.74, 6) is -3.54. The highest BCUT2D eigenvalue weighted by atomic mass is 19.1. The van der Waals surface area contributed by atoms with Crippen molar-refractivity contribution in [1.29, 1.82) is 0 Å². The van der Waals surface area contributed by atoms with Crippen molar-refractivity contribution in [2.24, 2.45) is 0 Å². The fourth-order valence-electron chi connectivity index (χ4n) is 0.889. The fourth-order valence-corrected chi connectivity index (χ4v) is 0.889. The molecule has 0 radical (unpaired) electrons. The Labute approximate surface area is 51.9 Å². The van der Waals surface area contributed by atoms with Crippen LogP contribution < -0.4 is 5.32 Å². The molecule has 0 aromatic heterocycles. The molecule has 0 spiro atoms. The summed E-state index contributed by atoms with van der Waals surface area (Å²) < 4.78 is 12.7. The minimum Gasteiger partial charge on any atom is -0.478 e. The molecule has 0 unspecified atom stereocenters. The summed E-state index contributed by atoms with van der Waals surface area (Å²) in [6.07, 6.45) is 0.686. The van der Waals surface area contributed by atoms with Crippen LogP contribution in [-0.2, 0) is 4.79 Å². The van der Waals surface area contributed by atoms with Crippen molar-refractivity contribution in [3.8, 4) is 0 Å². The van der Waals surface area contributed by atoms with Crippen LogP contribution in [0.15, 0.2) is 0 Å². The van der Waals surface area contributed by atoms with E-state index in [4.69, 9.17) is 5.11 Å². The van der Waals surface area contributed by atoms with Gasteiger partial charge in [-0.3, -0.25) is 5.32 Å². The Balaban J connectivity index is 2.61. The molecule has 0 bridgehead atoms. The Hall–Kier alpha value is -0.640. The van der Waals surface area contributed by atoms with Gasteiger partial charge in [-0.15, -0.1) is 0 Å². The minimum atomic E-state index is -2.14. The van der Waals surface area contributed by atoms with Crippen LogP contribution in [0.25, 0.3) is 0 Å². The lowest BCUT2D eigenvalue weighted by Crippen LogP contribution is -2.42. The van der Waals surface area contributed by atoms with Crippen LogP contribution in [-0.4, -0.2) is 23.4 Å². The van der Waals surface area contributed by atoms with Crippen molar-refractivity contribution in [3.05, 3.63) is 0 Å². The normalized spacial score (nSPS) is 34.8. The van der Waals surface area contributed by atoms with E-state index in [0.29, 0.717) is 13.0 Å². The average molecular weight is 133 g/mol. The third kappa shape index (κ3) is 1.03. The first-order valence-electron chi connectivity index (χ1n) is 2.82. The number of aliphatic carboxylic acids is 1. The van der Waals surface area contributed by atoms with E-state index in [-0.39, 0.29) is 6.42 Å². The molecule has 2 N–H and O–H groups in total. The van der Waals surface area contributed by atoms with Gasteiger partial charge >= 0.3 is 5.97 Å². The van der Waals surface area contributed by atoms with Gasteiger partial charge in [0.2, 0.25) is 0 Å². The number of halogens is 1. The predicted molar refractivity (Wildman–Crippen MR) is 28.7 cm³/mol. The standard InChI is InChI=1S/C5H8FNO2/c6-5(4(8)9)2-1-3-7-5/h7H,1-3H2,(H,8,9)/t5-/m1/s1. The minimum absolute atomic E-state index is 0.0856. The van der Waals surface area contributed by atoms with E-state index in [1.165, 1.54) is 0 Å². The highest BCUT2D eigenvalue weighted by molar-refractivity contribution is 5.77. The summed E-state index contributed by atoms with van der Waals surface area (Å²) in [5.41, 5.74) is 0. The zero-order valence-corrected chi connectivity index (χ0v) is 4.85. The number of hydrogen-bond acceptors (Lipinski definition) is 2. The lowest BCUT2D eigenvalue weighted by atomic mass is 10.2.